The van der Waals surface area contributed by atoms with Crippen molar-refractivity contribution < 1.29 is 19.3 Å². The summed E-state index contributed by atoms with van der Waals surface area (Å²) in [5, 5.41) is 11.7. The Morgan fingerprint density at radius 1 is 0.775 bits per heavy atom. The third kappa shape index (κ3) is 7.59. The lowest BCUT2D eigenvalue weighted by molar-refractivity contribution is 0.0659. The highest BCUT2D eigenvalue weighted by molar-refractivity contribution is 5.86. The van der Waals surface area contributed by atoms with Crippen LogP contribution in [0, 0.1) is 0 Å². The topological polar surface area (TPSA) is 64.1 Å². The number of hydrogen-bond acceptors (Lipinski definition) is 6. The maximum atomic E-state index is 10.7. The summed E-state index contributed by atoms with van der Waals surface area (Å²) in [5.74, 6) is 3.04. The maximum Gasteiger partial charge on any atom is 0.138 e. The highest BCUT2D eigenvalue weighted by Crippen LogP contribution is 2.31. The maximum absolute atomic E-state index is 10.7. The molecule has 4 aromatic carbocycles. The van der Waals surface area contributed by atoms with Crippen molar-refractivity contribution in [3.63, 3.8) is 0 Å². The Labute approximate surface area is 235 Å². The molecule has 204 valence electrons. The van der Waals surface area contributed by atoms with Crippen LogP contribution in [0.4, 0.5) is 0 Å². The van der Waals surface area contributed by atoms with Crippen molar-refractivity contribution in [2.75, 3.05) is 26.8 Å². The zero-order chi connectivity index (χ0) is 27.6. The van der Waals surface area contributed by atoms with E-state index in [0.29, 0.717) is 6.54 Å². The van der Waals surface area contributed by atoms with Crippen molar-refractivity contribution in [2.45, 2.75) is 19.1 Å². The standard InChI is InChI=1S/C34H34N2O4/c1-38-31-16-17-32-33(22-31)35-20-18-34(32)40-30-14-12-26(13-15-30)19-21-36(23-27-8-4-2-5-9-27)24-28(37)25-39-29-10-6-3-7-11-29/h2-18,20,22,28,37H,19,21,23-25H2,1H3. The zero-order valence-electron chi connectivity index (χ0n) is 22.6. The second-order valence-corrected chi connectivity index (χ2v) is 9.69. The first-order chi connectivity index (χ1) is 19.7. The Morgan fingerprint density at radius 2 is 1.50 bits per heavy atom. The van der Waals surface area contributed by atoms with Crippen molar-refractivity contribution in [3.8, 4) is 23.0 Å². The number of hydrogen-bond donors (Lipinski definition) is 1. The van der Waals surface area contributed by atoms with Gasteiger partial charge in [0.25, 0.3) is 0 Å². The van der Waals surface area contributed by atoms with Crippen LogP contribution in [0.25, 0.3) is 10.9 Å². The molecule has 0 saturated carbocycles. The number of rotatable bonds is 13. The van der Waals surface area contributed by atoms with Crippen LogP contribution in [0.2, 0.25) is 0 Å². The average molecular weight is 535 g/mol. The Kier molecular flexibility index (Phi) is 9.25. The number of methoxy groups -OCH3 is 1. The molecule has 1 unspecified atom stereocenters. The van der Waals surface area contributed by atoms with Gasteiger partial charge in [-0.25, -0.2) is 0 Å². The van der Waals surface area contributed by atoms with Crippen molar-refractivity contribution in [3.05, 3.63) is 127 Å². The molecule has 0 spiro atoms. The number of benzene rings is 4. The van der Waals surface area contributed by atoms with Gasteiger partial charge in [0.2, 0.25) is 0 Å². The summed E-state index contributed by atoms with van der Waals surface area (Å²) < 4.78 is 17.3. The van der Waals surface area contributed by atoms with Crippen molar-refractivity contribution >= 4 is 10.9 Å². The molecule has 0 aliphatic heterocycles. The van der Waals surface area contributed by atoms with Crippen LogP contribution >= 0.6 is 0 Å². The summed E-state index contributed by atoms with van der Waals surface area (Å²) in [7, 11) is 1.65. The molecule has 1 N–H and O–H groups in total. The van der Waals surface area contributed by atoms with Crippen molar-refractivity contribution in [1.29, 1.82) is 0 Å². The fraction of sp³-hybridized carbons (Fsp3) is 0.206. The van der Waals surface area contributed by atoms with Crippen LogP contribution in [-0.2, 0) is 13.0 Å². The first-order valence-electron chi connectivity index (χ1n) is 13.5. The van der Waals surface area contributed by atoms with E-state index in [1.807, 2.05) is 84.9 Å². The van der Waals surface area contributed by atoms with E-state index in [1.54, 1.807) is 13.3 Å². The number of aliphatic hydroxyl groups is 1. The van der Waals surface area contributed by atoms with Gasteiger partial charge < -0.3 is 19.3 Å². The van der Waals surface area contributed by atoms with E-state index in [0.717, 1.165) is 53.4 Å². The number of ether oxygens (including phenoxy) is 3. The highest BCUT2D eigenvalue weighted by Gasteiger charge is 2.14. The second kappa shape index (κ2) is 13.6. The monoisotopic (exact) mass is 534 g/mol. The molecule has 0 fully saturated rings. The van der Waals surface area contributed by atoms with Gasteiger partial charge in [0.1, 0.15) is 35.7 Å². The molecule has 1 atom stereocenters. The third-order valence-corrected chi connectivity index (χ3v) is 6.68. The minimum atomic E-state index is -0.602. The molecule has 0 bridgehead atoms. The summed E-state index contributed by atoms with van der Waals surface area (Å²) >= 11 is 0. The van der Waals surface area contributed by atoms with Crippen LogP contribution in [0.3, 0.4) is 0 Å². The number of para-hydroxylation sites is 1. The molecule has 5 aromatic rings. The lowest BCUT2D eigenvalue weighted by atomic mass is 10.1. The van der Waals surface area contributed by atoms with E-state index in [9.17, 15) is 5.11 Å². The molecule has 40 heavy (non-hydrogen) atoms. The Bertz CT molecular complexity index is 1480. The molecule has 6 nitrogen and oxygen atoms in total. The van der Waals surface area contributed by atoms with Gasteiger partial charge in [-0.2, -0.15) is 0 Å². The number of aromatic nitrogens is 1. The number of pyridine rings is 1. The average Bonchev–Trinajstić information content (AvgIpc) is 3.00. The van der Waals surface area contributed by atoms with E-state index < -0.39 is 6.10 Å². The van der Waals surface area contributed by atoms with Gasteiger partial charge >= 0.3 is 0 Å². The molecular formula is C34H34N2O4. The SMILES string of the molecule is COc1ccc2c(Oc3ccc(CCN(Cc4ccccc4)CC(O)COc4ccccc4)cc3)ccnc2c1. The number of aliphatic hydroxyl groups excluding tert-OH is 1. The lowest BCUT2D eigenvalue weighted by Crippen LogP contribution is -2.36. The minimum Gasteiger partial charge on any atom is -0.497 e. The van der Waals surface area contributed by atoms with Crippen molar-refractivity contribution in [1.82, 2.24) is 9.88 Å². The summed E-state index contributed by atoms with van der Waals surface area (Å²) in [6.45, 7) is 2.32. The highest BCUT2D eigenvalue weighted by atomic mass is 16.5. The Morgan fingerprint density at radius 3 is 2.25 bits per heavy atom. The molecule has 0 saturated heterocycles. The molecule has 1 heterocycles. The van der Waals surface area contributed by atoms with Gasteiger partial charge in [-0.05, 0) is 60.0 Å². The van der Waals surface area contributed by atoms with Gasteiger partial charge in [0, 0.05) is 37.3 Å². The molecule has 0 amide bonds. The normalized spacial score (nSPS) is 11.9. The molecule has 6 heteroatoms. The molecular weight excluding hydrogens is 500 g/mol. The van der Waals surface area contributed by atoms with Crippen molar-refractivity contribution in [2.24, 2.45) is 0 Å². The fourth-order valence-electron chi connectivity index (χ4n) is 4.59. The van der Waals surface area contributed by atoms with E-state index in [1.165, 1.54) is 11.1 Å². The Balaban J connectivity index is 1.20. The molecule has 1 aromatic heterocycles. The van der Waals surface area contributed by atoms with Crippen LogP contribution < -0.4 is 14.2 Å². The summed E-state index contributed by atoms with van der Waals surface area (Å²) in [6.07, 6.45) is 1.98. The summed E-state index contributed by atoms with van der Waals surface area (Å²) in [4.78, 5) is 6.71. The second-order valence-electron chi connectivity index (χ2n) is 9.69. The number of fused-ring (bicyclic) bond motifs is 1. The first kappa shape index (κ1) is 27.2. The fourth-order valence-corrected chi connectivity index (χ4v) is 4.59. The van der Waals surface area contributed by atoms with Crippen LogP contribution in [0.15, 0.2) is 115 Å². The van der Waals surface area contributed by atoms with E-state index in [2.05, 4.69) is 34.1 Å². The van der Waals surface area contributed by atoms with E-state index in [-0.39, 0.29) is 6.61 Å². The molecule has 0 aliphatic carbocycles. The zero-order valence-corrected chi connectivity index (χ0v) is 22.6. The quantitative estimate of drug-likeness (QED) is 0.186. The minimum absolute atomic E-state index is 0.248. The van der Waals surface area contributed by atoms with E-state index in [4.69, 9.17) is 14.2 Å². The first-order valence-corrected chi connectivity index (χ1v) is 13.5. The van der Waals surface area contributed by atoms with Crippen LogP contribution in [0.5, 0.6) is 23.0 Å². The van der Waals surface area contributed by atoms with Gasteiger partial charge in [0.05, 0.1) is 12.6 Å². The van der Waals surface area contributed by atoms with Gasteiger partial charge in [-0.15, -0.1) is 0 Å². The third-order valence-electron chi connectivity index (χ3n) is 6.68. The summed E-state index contributed by atoms with van der Waals surface area (Å²) in [5.41, 5.74) is 3.23. The molecule has 5 rings (SSSR count). The molecule has 0 radical (unpaired) electrons. The van der Waals surface area contributed by atoms with Crippen LogP contribution in [0.1, 0.15) is 11.1 Å². The summed E-state index contributed by atoms with van der Waals surface area (Å²) in [6, 6.07) is 35.8. The smallest absolute Gasteiger partial charge is 0.138 e. The lowest BCUT2D eigenvalue weighted by Gasteiger charge is -2.25. The largest absolute Gasteiger partial charge is 0.497 e. The predicted octanol–water partition coefficient (Wildman–Crippen LogP) is 6.52. The van der Waals surface area contributed by atoms with Crippen LogP contribution in [-0.4, -0.2) is 47.9 Å². The van der Waals surface area contributed by atoms with Gasteiger partial charge in [-0.3, -0.25) is 9.88 Å². The predicted molar refractivity (Wildman–Crippen MR) is 158 cm³/mol. The number of nitrogens with zero attached hydrogens (tertiary/aromatic N) is 2. The van der Waals surface area contributed by atoms with Gasteiger partial charge in [-0.1, -0.05) is 60.7 Å². The van der Waals surface area contributed by atoms with E-state index >= 15 is 0 Å². The van der Waals surface area contributed by atoms with Gasteiger partial charge in [0.15, 0.2) is 0 Å². The Hall–Kier alpha value is -4.39. The molecule has 0 aliphatic rings.